The second kappa shape index (κ2) is 7.89. The van der Waals surface area contributed by atoms with Crippen molar-refractivity contribution in [2.75, 3.05) is 19.6 Å². The van der Waals surface area contributed by atoms with E-state index in [2.05, 4.69) is 10.3 Å². The largest absolute Gasteiger partial charge is 0.337 e. The summed E-state index contributed by atoms with van der Waals surface area (Å²) in [6.07, 6.45) is 3.26. The standard InChI is InChI=1S/C15H18FN5O4S.ClH/c1-10-12(16)7-11(8-13(10)21(22)23)26(24,25)20-6-3-17-9-14(20)15-18-4-5-19(15)2;/h4-5,7-8,14,17H,3,6,9H2,1-2H3;1H. The number of nitrogens with zero attached hydrogens (tertiary/aromatic N) is 4. The molecule has 0 spiro atoms. The van der Waals surface area contributed by atoms with Gasteiger partial charge in [-0.3, -0.25) is 10.1 Å². The van der Waals surface area contributed by atoms with Crippen molar-refractivity contribution in [3.05, 3.63) is 51.8 Å². The van der Waals surface area contributed by atoms with Gasteiger partial charge < -0.3 is 9.88 Å². The lowest BCUT2D eigenvalue weighted by Gasteiger charge is -2.34. The van der Waals surface area contributed by atoms with E-state index < -0.39 is 37.4 Å². The lowest BCUT2D eigenvalue weighted by molar-refractivity contribution is -0.385. The molecule has 0 aliphatic carbocycles. The van der Waals surface area contributed by atoms with Crippen molar-refractivity contribution in [2.24, 2.45) is 7.05 Å². The maximum Gasteiger partial charge on any atom is 0.276 e. The van der Waals surface area contributed by atoms with Gasteiger partial charge in [0.25, 0.3) is 5.69 Å². The van der Waals surface area contributed by atoms with Crippen LogP contribution in [0.15, 0.2) is 29.4 Å². The van der Waals surface area contributed by atoms with Crippen LogP contribution in [0, 0.1) is 22.9 Å². The Kier molecular flexibility index (Phi) is 6.20. The molecule has 1 fully saturated rings. The number of nitro benzene ring substituents is 1. The number of nitro groups is 1. The van der Waals surface area contributed by atoms with Gasteiger partial charge in [-0.05, 0) is 13.0 Å². The van der Waals surface area contributed by atoms with Gasteiger partial charge in [0.15, 0.2) is 0 Å². The number of halogens is 2. The summed E-state index contributed by atoms with van der Waals surface area (Å²) in [5.41, 5.74) is -0.762. The first-order valence-corrected chi connectivity index (χ1v) is 9.32. The molecule has 2 aromatic rings. The molecule has 2 heterocycles. The molecule has 1 saturated heterocycles. The highest BCUT2D eigenvalue weighted by Gasteiger charge is 2.37. The van der Waals surface area contributed by atoms with Crippen molar-refractivity contribution >= 4 is 28.1 Å². The first kappa shape index (κ1) is 21.2. The highest BCUT2D eigenvalue weighted by molar-refractivity contribution is 7.89. The molecule has 3 rings (SSSR count). The van der Waals surface area contributed by atoms with Gasteiger partial charge in [-0.25, -0.2) is 17.8 Å². The molecule has 1 aliphatic heterocycles. The summed E-state index contributed by atoms with van der Waals surface area (Å²) in [5, 5.41) is 14.2. The Hall–Kier alpha value is -2.08. The van der Waals surface area contributed by atoms with Crippen molar-refractivity contribution in [3.8, 4) is 0 Å². The number of nitrogens with one attached hydrogen (secondary N) is 1. The second-order valence-corrected chi connectivity index (χ2v) is 7.93. The average Bonchev–Trinajstić information content (AvgIpc) is 3.02. The average molecular weight is 420 g/mol. The van der Waals surface area contributed by atoms with E-state index in [1.165, 1.54) is 11.2 Å². The Morgan fingerprint density at radius 2 is 2.11 bits per heavy atom. The molecule has 0 amide bonds. The fourth-order valence-electron chi connectivity index (χ4n) is 3.01. The van der Waals surface area contributed by atoms with Crippen LogP contribution in [-0.2, 0) is 17.1 Å². The zero-order valence-electron chi connectivity index (χ0n) is 14.6. The molecule has 0 bridgehead atoms. The van der Waals surface area contributed by atoms with Crippen molar-refractivity contribution in [1.29, 1.82) is 0 Å². The molecule has 1 aromatic heterocycles. The minimum Gasteiger partial charge on any atom is -0.337 e. The maximum atomic E-state index is 14.1. The predicted octanol–water partition coefficient (Wildman–Crippen LogP) is 1.53. The summed E-state index contributed by atoms with van der Waals surface area (Å²) in [7, 11) is -2.41. The van der Waals surface area contributed by atoms with Crippen LogP contribution < -0.4 is 5.32 Å². The molecule has 27 heavy (non-hydrogen) atoms. The molecule has 1 atom stereocenters. The minimum absolute atomic E-state index is 0. The van der Waals surface area contributed by atoms with E-state index in [-0.39, 0.29) is 24.5 Å². The molecule has 9 nitrogen and oxygen atoms in total. The van der Waals surface area contributed by atoms with Gasteiger partial charge in [-0.2, -0.15) is 4.31 Å². The van der Waals surface area contributed by atoms with Gasteiger partial charge in [0.05, 0.1) is 21.4 Å². The highest BCUT2D eigenvalue weighted by Crippen LogP contribution is 2.31. The normalized spacial score (nSPS) is 18.1. The van der Waals surface area contributed by atoms with Gasteiger partial charge in [-0.15, -0.1) is 12.4 Å². The molecule has 12 heteroatoms. The molecule has 0 radical (unpaired) electrons. The number of hydrogen-bond donors (Lipinski definition) is 1. The second-order valence-electron chi connectivity index (χ2n) is 6.04. The molecule has 1 aliphatic rings. The Morgan fingerprint density at radius 3 is 2.70 bits per heavy atom. The minimum atomic E-state index is -4.15. The van der Waals surface area contributed by atoms with E-state index >= 15 is 0 Å². The summed E-state index contributed by atoms with van der Waals surface area (Å²) < 4.78 is 43.3. The van der Waals surface area contributed by atoms with Crippen LogP contribution in [0.1, 0.15) is 17.4 Å². The van der Waals surface area contributed by atoms with Gasteiger partial charge in [0.2, 0.25) is 10.0 Å². The van der Waals surface area contributed by atoms with Gasteiger partial charge in [0, 0.05) is 45.1 Å². The molecule has 0 saturated carbocycles. The first-order chi connectivity index (χ1) is 12.2. The summed E-state index contributed by atoms with van der Waals surface area (Å²) in [4.78, 5) is 14.1. The molecule has 1 N–H and O–H groups in total. The molecule has 148 valence electrons. The smallest absolute Gasteiger partial charge is 0.276 e. The number of imidazole rings is 1. The summed E-state index contributed by atoms with van der Waals surface area (Å²) in [6, 6.07) is 1.14. The Morgan fingerprint density at radius 1 is 1.41 bits per heavy atom. The third kappa shape index (κ3) is 3.81. The topological polar surface area (TPSA) is 110 Å². The van der Waals surface area contributed by atoms with Crippen LogP contribution in [0.2, 0.25) is 0 Å². The third-order valence-corrected chi connectivity index (χ3v) is 6.33. The Bertz CT molecular complexity index is 965. The van der Waals surface area contributed by atoms with Crippen LogP contribution in [0.25, 0.3) is 0 Å². The van der Waals surface area contributed by atoms with Crippen LogP contribution in [0.3, 0.4) is 0 Å². The van der Waals surface area contributed by atoms with Crippen LogP contribution >= 0.6 is 12.4 Å². The SMILES string of the molecule is Cc1c(F)cc(S(=O)(=O)N2CCNCC2c2nccn2C)cc1[N+](=O)[O-].Cl. The molecular weight excluding hydrogens is 401 g/mol. The van der Waals surface area contributed by atoms with Crippen molar-refractivity contribution in [1.82, 2.24) is 19.2 Å². The number of aromatic nitrogens is 2. The fraction of sp³-hybridized carbons (Fsp3) is 0.400. The Labute approximate surface area is 161 Å². The number of rotatable bonds is 4. The van der Waals surface area contributed by atoms with Crippen molar-refractivity contribution in [2.45, 2.75) is 17.9 Å². The lowest BCUT2D eigenvalue weighted by Crippen LogP contribution is -2.49. The van der Waals surface area contributed by atoms with Crippen LogP contribution in [0.5, 0.6) is 0 Å². The summed E-state index contributed by atoms with van der Waals surface area (Å²) in [5.74, 6) is -0.399. The lowest BCUT2D eigenvalue weighted by atomic mass is 10.2. The molecule has 1 aromatic carbocycles. The van der Waals surface area contributed by atoms with E-state index in [4.69, 9.17) is 0 Å². The number of aryl methyl sites for hydroxylation is 1. The first-order valence-electron chi connectivity index (χ1n) is 7.88. The summed E-state index contributed by atoms with van der Waals surface area (Å²) in [6.45, 7) is 2.13. The van der Waals surface area contributed by atoms with E-state index in [9.17, 15) is 22.9 Å². The van der Waals surface area contributed by atoms with E-state index in [1.54, 1.807) is 24.0 Å². The number of hydrogen-bond acceptors (Lipinski definition) is 6. The van der Waals surface area contributed by atoms with Crippen LogP contribution in [0.4, 0.5) is 10.1 Å². The third-order valence-electron chi connectivity index (χ3n) is 4.44. The van der Waals surface area contributed by atoms with Crippen molar-refractivity contribution < 1.29 is 17.7 Å². The quantitative estimate of drug-likeness (QED) is 0.594. The maximum absolute atomic E-state index is 14.1. The highest BCUT2D eigenvalue weighted by atomic mass is 35.5. The summed E-state index contributed by atoms with van der Waals surface area (Å²) >= 11 is 0. The zero-order valence-corrected chi connectivity index (χ0v) is 16.3. The Balaban J connectivity index is 0.00000261. The number of sulfonamides is 1. The fourth-order valence-corrected chi connectivity index (χ4v) is 4.63. The monoisotopic (exact) mass is 419 g/mol. The van der Waals surface area contributed by atoms with Gasteiger partial charge in [0.1, 0.15) is 11.6 Å². The molecular formula is C15H19ClFN5O4S. The van der Waals surface area contributed by atoms with E-state index in [1.807, 2.05) is 0 Å². The molecule has 1 unspecified atom stereocenters. The van der Waals surface area contributed by atoms with E-state index in [0.717, 1.165) is 12.1 Å². The zero-order chi connectivity index (χ0) is 19.1. The van der Waals surface area contributed by atoms with Gasteiger partial charge >= 0.3 is 0 Å². The predicted molar refractivity (Wildman–Crippen MR) is 97.7 cm³/mol. The number of piperazine rings is 1. The van der Waals surface area contributed by atoms with E-state index in [0.29, 0.717) is 18.9 Å². The number of benzene rings is 1. The van der Waals surface area contributed by atoms with Crippen LogP contribution in [-0.4, -0.2) is 46.8 Å². The van der Waals surface area contributed by atoms with Crippen molar-refractivity contribution in [3.63, 3.8) is 0 Å². The van der Waals surface area contributed by atoms with Gasteiger partial charge in [-0.1, -0.05) is 0 Å².